The first kappa shape index (κ1) is 23.6. The van der Waals surface area contributed by atoms with Crippen molar-refractivity contribution in [1.82, 2.24) is 10.2 Å². The normalized spacial score (nSPS) is 12.5. The van der Waals surface area contributed by atoms with E-state index in [4.69, 9.17) is 4.42 Å². The molecule has 0 bridgehead atoms. The molecule has 8 heteroatoms. The zero-order valence-corrected chi connectivity index (χ0v) is 19.6. The number of furan rings is 1. The molecule has 0 aliphatic rings. The Hall–Kier alpha value is -3.10. The van der Waals surface area contributed by atoms with E-state index in [1.54, 1.807) is 62.6 Å². The van der Waals surface area contributed by atoms with E-state index >= 15 is 0 Å². The lowest BCUT2D eigenvalue weighted by atomic mass is 10.1. The number of carbonyl (C=O) groups is 1. The van der Waals surface area contributed by atoms with Crippen LogP contribution in [-0.4, -0.2) is 46.4 Å². The van der Waals surface area contributed by atoms with Gasteiger partial charge in [0.2, 0.25) is 0 Å². The van der Waals surface area contributed by atoms with E-state index in [2.05, 4.69) is 5.32 Å². The van der Waals surface area contributed by atoms with E-state index in [0.717, 1.165) is 5.76 Å². The number of hydrogen-bond acceptors (Lipinski definition) is 5. The van der Waals surface area contributed by atoms with Crippen molar-refractivity contribution in [1.29, 1.82) is 0 Å². The minimum atomic E-state index is -3.84. The van der Waals surface area contributed by atoms with Gasteiger partial charge in [0.1, 0.15) is 5.76 Å². The van der Waals surface area contributed by atoms with Crippen LogP contribution in [0.2, 0.25) is 0 Å². The van der Waals surface area contributed by atoms with Crippen LogP contribution in [0, 0.1) is 6.92 Å². The zero-order valence-electron chi connectivity index (χ0n) is 18.8. The van der Waals surface area contributed by atoms with Crippen LogP contribution in [0.3, 0.4) is 0 Å². The van der Waals surface area contributed by atoms with E-state index in [1.165, 1.54) is 10.4 Å². The van der Waals surface area contributed by atoms with Crippen LogP contribution >= 0.6 is 0 Å². The zero-order chi connectivity index (χ0) is 23.3. The summed E-state index contributed by atoms with van der Waals surface area (Å²) in [6, 6.07) is 17.2. The average Bonchev–Trinajstić information content (AvgIpc) is 3.29. The first-order chi connectivity index (χ1) is 15.3. The molecule has 0 aliphatic carbocycles. The molecule has 2 aromatic carbocycles. The third-order valence-electron chi connectivity index (χ3n) is 5.30. The standard InChI is InChI=1S/C24H29N3O4S/c1-5-27(20-10-7-6-8-11-20)32(29,30)23-16-19(14-13-18(23)2)24(28)25-17-21(26(3)4)22-12-9-15-31-22/h6-16,21H,5,17H2,1-4H3,(H,25,28). The first-order valence-electron chi connectivity index (χ1n) is 10.4. The summed E-state index contributed by atoms with van der Waals surface area (Å²) < 4.78 is 33.7. The molecule has 0 fully saturated rings. The van der Waals surface area contributed by atoms with Gasteiger partial charge >= 0.3 is 0 Å². The Morgan fingerprint density at radius 3 is 2.38 bits per heavy atom. The minimum absolute atomic E-state index is 0.117. The van der Waals surface area contributed by atoms with Gasteiger partial charge in [-0.25, -0.2) is 8.42 Å². The van der Waals surface area contributed by atoms with Crippen molar-refractivity contribution < 1.29 is 17.6 Å². The highest BCUT2D eigenvalue weighted by atomic mass is 32.2. The number of nitrogens with zero attached hydrogens (tertiary/aromatic N) is 2. The van der Waals surface area contributed by atoms with Gasteiger partial charge in [-0.05, 0) is 69.9 Å². The highest BCUT2D eigenvalue weighted by Gasteiger charge is 2.26. The molecule has 0 saturated heterocycles. The van der Waals surface area contributed by atoms with Gasteiger partial charge in [0.25, 0.3) is 15.9 Å². The molecule has 0 spiro atoms. The Balaban J connectivity index is 1.85. The summed E-state index contributed by atoms with van der Waals surface area (Å²) in [7, 11) is -0.0377. The van der Waals surface area contributed by atoms with E-state index in [9.17, 15) is 13.2 Å². The lowest BCUT2D eigenvalue weighted by molar-refractivity contribution is 0.0939. The molecule has 0 aliphatic heterocycles. The van der Waals surface area contributed by atoms with Gasteiger partial charge in [0.15, 0.2) is 0 Å². The summed E-state index contributed by atoms with van der Waals surface area (Å²) in [4.78, 5) is 14.9. The first-order valence-corrected chi connectivity index (χ1v) is 11.9. The number of carbonyl (C=O) groups excluding carboxylic acids is 1. The summed E-state index contributed by atoms with van der Waals surface area (Å²) in [6.45, 7) is 4.11. The summed E-state index contributed by atoms with van der Waals surface area (Å²) in [6.07, 6.45) is 1.59. The van der Waals surface area contributed by atoms with Crippen molar-refractivity contribution in [2.24, 2.45) is 0 Å². The molecule has 32 heavy (non-hydrogen) atoms. The number of sulfonamides is 1. The topological polar surface area (TPSA) is 82.9 Å². The number of likely N-dealkylation sites (N-methyl/N-ethyl adjacent to an activating group) is 1. The fourth-order valence-electron chi connectivity index (χ4n) is 3.53. The molecule has 1 atom stereocenters. The van der Waals surface area contributed by atoms with E-state index in [1.807, 2.05) is 31.1 Å². The molecule has 0 radical (unpaired) electrons. The average molecular weight is 456 g/mol. The number of rotatable bonds is 9. The highest BCUT2D eigenvalue weighted by molar-refractivity contribution is 7.92. The lowest BCUT2D eigenvalue weighted by Gasteiger charge is -2.24. The van der Waals surface area contributed by atoms with Gasteiger partial charge in [0.05, 0.1) is 22.9 Å². The summed E-state index contributed by atoms with van der Waals surface area (Å²) in [5.41, 5.74) is 1.45. The van der Waals surface area contributed by atoms with Gasteiger partial charge < -0.3 is 9.73 Å². The third kappa shape index (κ3) is 5.03. The SMILES string of the molecule is CCN(c1ccccc1)S(=O)(=O)c1cc(C(=O)NCC(c2ccco2)N(C)C)ccc1C. The quantitative estimate of drug-likeness (QED) is 0.530. The monoisotopic (exact) mass is 455 g/mol. The number of nitrogens with one attached hydrogen (secondary N) is 1. The van der Waals surface area contributed by atoms with Crippen molar-refractivity contribution >= 4 is 21.6 Å². The molecule has 170 valence electrons. The smallest absolute Gasteiger partial charge is 0.264 e. The van der Waals surface area contributed by atoms with Crippen LogP contribution in [0.4, 0.5) is 5.69 Å². The van der Waals surface area contributed by atoms with E-state index in [-0.39, 0.29) is 29.0 Å². The molecule has 3 aromatic rings. The van der Waals surface area contributed by atoms with Crippen molar-refractivity contribution in [2.75, 3.05) is 31.5 Å². The molecule has 1 heterocycles. The summed E-state index contributed by atoms with van der Waals surface area (Å²) >= 11 is 0. The summed E-state index contributed by atoms with van der Waals surface area (Å²) in [5, 5.41) is 2.89. The molecular formula is C24H29N3O4S. The van der Waals surface area contributed by atoms with Gasteiger partial charge in [-0.3, -0.25) is 14.0 Å². The van der Waals surface area contributed by atoms with Gasteiger partial charge in [-0.1, -0.05) is 24.3 Å². The maximum atomic E-state index is 13.4. The van der Waals surface area contributed by atoms with Crippen LogP contribution in [0.25, 0.3) is 0 Å². The number of anilines is 1. The van der Waals surface area contributed by atoms with Crippen LogP contribution in [0.15, 0.2) is 76.2 Å². The van der Waals surface area contributed by atoms with Gasteiger partial charge in [-0.15, -0.1) is 0 Å². The van der Waals surface area contributed by atoms with Crippen molar-refractivity contribution in [2.45, 2.75) is 24.8 Å². The number of benzene rings is 2. The van der Waals surface area contributed by atoms with E-state index in [0.29, 0.717) is 17.8 Å². The molecule has 1 N–H and O–H groups in total. The van der Waals surface area contributed by atoms with Crippen molar-refractivity contribution in [3.05, 3.63) is 83.8 Å². The predicted octanol–water partition coefficient (Wildman–Crippen LogP) is 3.84. The number of amides is 1. The maximum Gasteiger partial charge on any atom is 0.264 e. The molecular weight excluding hydrogens is 426 g/mol. The lowest BCUT2D eigenvalue weighted by Crippen LogP contribution is -2.35. The van der Waals surface area contributed by atoms with Crippen LogP contribution in [0.5, 0.6) is 0 Å². The van der Waals surface area contributed by atoms with E-state index < -0.39 is 10.0 Å². The molecule has 1 aromatic heterocycles. The highest BCUT2D eigenvalue weighted by Crippen LogP contribution is 2.26. The second kappa shape index (κ2) is 10.0. The second-order valence-electron chi connectivity index (χ2n) is 7.69. The second-order valence-corrected chi connectivity index (χ2v) is 9.52. The predicted molar refractivity (Wildman–Crippen MR) is 125 cm³/mol. The van der Waals surface area contributed by atoms with Crippen molar-refractivity contribution in [3.8, 4) is 0 Å². The third-order valence-corrected chi connectivity index (χ3v) is 7.35. The Kier molecular flexibility index (Phi) is 7.37. The maximum absolute atomic E-state index is 13.4. The van der Waals surface area contributed by atoms with Crippen molar-refractivity contribution in [3.63, 3.8) is 0 Å². The Labute approximate surface area is 189 Å². The number of hydrogen-bond donors (Lipinski definition) is 1. The molecule has 3 rings (SSSR count). The Morgan fingerprint density at radius 1 is 1.06 bits per heavy atom. The van der Waals surface area contributed by atoms with Crippen LogP contribution in [-0.2, 0) is 10.0 Å². The molecule has 7 nitrogen and oxygen atoms in total. The van der Waals surface area contributed by atoms with Crippen LogP contribution in [0.1, 0.15) is 34.6 Å². The number of aryl methyl sites for hydroxylation is 1. The largest absolute Gasteiger partial charge is 0.468 e. The fourth-order valence-corrected chi connectivity index (χ4v) is 5.26. The Bertz CT molecular complexity index is 1140. The van der Waals surface area contributed by atoms with Gasteiger partial charge in [-0.2, -0.15) is 0 Å². The molecule has 1 unspecified atom stereocenters. The number of para-hydroxylation sites is 1. The summed E-state index contributed by atoms with van der Waals surface area (Å²) in [5.74, 6) is 0.395. The molecule has 1 amide bonds. The minimum Gasteiger partial charge on any atom is -0.468 e. The van der Waals surface area contributed by atoms with Crippen LogP contribution < -0.4 is 9.62 Å². The fraction of sp³-hybridized carbons (Fsp3) is 0.292. The van der Waals surface area contributed by atoms with Gasteiger partial charge in [0, 0.05) is 18.7 Å². The molecule has 0 saturated carbocycles. The Morgan fingerprint density at radius 2 is 1.78 bits per heavy atom.